The molecule has 4 nitrogen and oxygen atoms in total. The van der Waals surface area contributed by atoms with Gasteiger partial charge in [-0.2, -0.15) is 0 Å². The molecule has 0 atom stereocenters. The van der Waals surface area contributed by atoms with Crippen LogP contribution >= 0.6 is 0 Å². The van der Waals surface area contributed by atoms with E-state index in [2.05, 4.69) is 44.5 Å². The molecule has 0 amide bonds. The molecule has 0 saturated carbocycles. The lowest BCUT2D eigenvalue weighted by Crippen LogP contribution is -2.33. The summed E-state index contributed by atoms with van der Waals surface area (Å²) >= 11 is 0. The number of aliphatic hydroxyl groups is 1. The van der Waals surface area contributed by atoms with Crippen molar-refractivity contribution in [1.29, 1.82) is 0 Å². The van der Waals surface area contributed by atoms with Crippen molar-refractivity contribution < 1.29 is 9.52 Å². The predicted octanol–water partition coefficient (Wildman–Crippen LogP) is 2.17. The Bertz CT molecular complexity index is 339. The molecule has 0 spiro atoms. The molecule has 0 aliphatic carbocycles. The Balaban J connectivity index is 2.70. The summed E-state index contributed by atoms with van der Waals surface area (Å²) in [5, 5.41) is 9.01. The molecular formula is C13H24N2O2. The third-order valence-electron chi connectivity index (χ3n) is 2.75. The van der Waals surface area contributed by atoms with E-state index in [4.69, 9.17) is 9.52 Å². The highest BCUT2D eigenvalue weighted by atomic mass is 16.4. The Kier molecular flexibility index (Phi) is 4.71. The van der Waals surface area contributed by atoms with E-state index < -0.39 is 0 Å². The molecule has 1 heterocycles. The number of hydrogen-bond acceptors (Lipinski definition) is 4. The molecule has 1 rings (SSSR count). The monoisotopic (exact) mass is 240 g/mol. The molecular weight excluding hydrogens is 216 g/mol. The second-order valence-corrected chi connectivity index (χ2v) is 5.66. The fourth-order valence-corrected chi connectivity index (χ4v) is 1.55. The molecule has 0 aliphatic heterocycles. The van der Waals surface area contributed by atoms with Gasteiger partial charge in [-0.1, -0.05) is 20.8 Å². The SMILES string of the molecule is CC(C)N(CCO)Cc1ncc(C(C)(C)C)o1. The lowest BCUT2D eigenvalue weighted by Gasteiger charge is -2.23. The van der Waals surface area contributed by atoms with Crippen LogP contribution in [0.3, 0.4) is 0 Å². The molecule has 0 fully saturated rings. The summed E-state index contributed by atoms with van der Waals surface area (Å²) in [5.41, 5.74) is -0.00904. The Morgan fingerprint density at radius 1 is 1.41 bits per heavy atom. The summed E-state index contributed by atoms with van der Waals surface area (Å²) in [7, 11) is 0. The number of hydrogen-bond donors (Lipinski definition) is 1. The molecule has 98 valence electrons. The fraction of sp³-hybridized carbons (Fsp3) is 0.769. The van der Waals surface area contributed by atoms with Crippen molar-refractivity contribution in [3.05, 3.63) is 17.8 Å². The summed E-state index contributed by atoms with van der Waals surface area (Å²) in [6.45, 7) is 12.0. The lowest BCUT2D eigenvalue weighted by molar-refractivity contribution is 0.146. The van der Waals surface area contributed by atoms with Crippen LogP contribution in [0, 0.1) is 0 Å². The standard InChI is InChI=1S/C13H24N2O2/c1-10(2)15(6-7-16)9-12-14-8-11(17-12)13(3,4)5/h8,10,16H,6-7,9H2,1-5H3. The zero-order valence-electron chi connectivity index (χ0n) is 11.5. The van der Waals surface area contributed by atoms with Gasteiger partial charge in [0.1, 0.15) is 5.76 Å². The fourth-order valence-electron chi connectivity index (χ4n) is 1.55. The van der Waals surface area contributed by atoms with Gasteiger partial charge in [0.25, 0.3) is 0 Å². The minimum atomic E-state index is -0.00904. The van der Waals surface area contributed by atoms with Gasteiger partial charge >= 0.3 is 0 Å². The third-order valence-corrected chi connectivity index (χ3v) is 2.75. The van der Waals surface area contributed by atoms with E-state index in [1.165, 1.54) is 0 Å². The maximum absolute atomic E-state index is 9.01. The summed E-state index contributed by atoms with van der Waals surface area (Å²) in [4.78, 5) is 6.43. The number of aliphatic hydroxyl groups excluding tert-OH is 1. The van der Waals surface area contributed by atoms with Gasteiger partial charge in [0.15, 0.2) is 0 Å². The first-order chi connectivity index (χ1) is 7.84. The lowest BCUT2D eigenvalue weighted by atomic mass is 9.94. The van der Waals surface area contributed by atoms with Gasteiger partial charge in [-0.25, -0.2) is 4.98 Å². The molecule has 0 radical (unpaired) electrons. The molecule has 0 saturated heterocycles. The van der Waals surface area contributed by atoms with E-state index in [0.717, 1.165) is 11.7 Å². The average molecular weight is 240 g/mol. The van der Waals surface area contributed by atoms with Crippen LogP contribution in [0.4, 0.5) is 0 Å². The van der Waals surface area contributed by atoms with E-state index in [0.29, 0.717) is 19.1 Å². The molecule has 0 bridgehead atoms. The second-order valence-electron chi connectivity index (χ2n) is 5.66. The Morgan fingerprint density at radius 2 is 2.06 bits per heavy atom. The van der Waals surface area contributed by atoms with E-state index in [9.17, 15) is 0 Å². The van der Waals surface area contributed by atoms with Gasteiger partial charge in [-0.05, 0) is 13.8 Å². The molecule has 0 aromatic carbocycles. The van der Waals surface area contributed by atoms with Crippen LogP contribution < -0.4 is 0 Å². The summed E-state index contributed by atoms with van der Waals surface area (Å²) in [5.74, 6) is 1.62. The highest BCUT2D eigenvalue weighted by Gasteiger charge is 2.20. The predicted molar refractivity (Wildman–Crippen MR) is 67.8 cm³/mol. The van der Waals surface area contributed by atoms with Crippen molar-refractivity contribution in [3.63, 3.8) is 0 Å². The van der Waals surface area contributed by atoms with Crippen LogP contribution in [-0.2, 0) is 12.0 Å². The normalized spacial score (nSPS) is 12.7. The molecule has 1 N–H and O–H groups in total. The van der Waals surface area contributed by atoms with Crippen molar-refractivity contribution in [2.24, 2.45) is 0 Å². The summed E-state index contributed by atoms with van der Waals surface area (Å²) < 4.78 is 5.74. The molecule has 0 aliphatic rings. The minimum Gasteiger partial charge on any atom is -0.444 e. The first kappa shape index (κ1) is 14.2. The van der Waals surface area contributed by atoms with Crippen LogP contribution in [0.25, 0.3) is 0 Å². The second kappa shape index (κ2) is 5.65. The smallest absolute Gasteiger partial charge is 0.208 e. The van der Waals surface area contributed by atoms with Crippen molar-refractivity contribution in [2.75, 3.05) is 13.2 Å². The van der Waals surface area contributed by atoms with Crippen molar-refractivity contribution in [1.82, 2.24) is 9.88 Å². The third kappa shape index (κ3) is 4.13. The Morgan fingerprint density at radius 3 is 2.47 bits per heavy atom. The highest BCUT2D eigenvalue weighted by molar-refractivity contribution is 5.06. The van der Waals surface area contributed by atoms with Crippen LogP contribution in [0.1, 0.15) is 46.3 Å². The number of oxazole rings is 1. The number of nitrogens with zero attached hydrogens (tertiary/aromatic N) is 2. The molecule has 17 heavy (non-hydrogen) atoms. The zero-order chi connectivity index (χ0) is 13.1. The van der Waals surface area contributed by atoms with Crippen molar-refractivity contribution >= 4 is 0 Å². The average Bonchev–Trinajstić information content (AvgIpc) is 2.64. The molecule has 0 unspecified atom stereocenters. The number of aromatic nitrogens is 1. The van der Waals surface area contributed by atoms with Gasteiger partial charge in [0, 0.05) is 18.0 Å². The maximum atomic E-state index is 9.01. The maximum Gasteiger partial charge on any atom is 0.208 e. The van der Waals surface area contributed by atoms with E-state index >= 15 is 0 Å². The van der Waals surface area contributed by atoms with Gasteiger partial charge in [-0.15, -0.1) is 0 Å². The zero-order valence-corrected chi connectivity index (χ0v) is 11.5. The van der Waals surface area contributed by atoms with Crippen LogP contribution in [0.2, 0.25) is 0 Å². The largest absolute Gasteiger partial charge is 0.444 e. The Labute approximate surface area is 104 Å². The van der Waals surface area contributed by atoms with Crippen LogP contribution in [0.5, 0.6) is 0 Å². The van der Waals surface area contributed by atoms with Crippen molar-refractivity contribution in [3.8, 4) is 0 Å². The quantitative estimate of drug-likeness (QED) is 0.857. The van der Waals surface area contributed by atoms with E-state index in [-0.39, 0.29) is 12.0 Å². The van der Waals surface area contributed by atoms with Gasteiger partial charge in [0.2, 0.25) is 5.89 Å². The first-order valence-corrected chi connectivity index (χ1v) is 6.14. The summed E-state index contributed by atoms with van der Waals surface area (Å²) in [6, 6.07) is 0.368. The van der Waals surface area contributed by atoms with Crippen molar-refractivity contribution in [2.45, 2.75) is 52.6 Å². The minimum absolute atomic E-state index is 0.00904. The van der Waals surface area contributed by atoms with Gasteiger partial charge in [0.05, 0.1) is 19.3 Å². The van der Waals surface area contributed by atoms with E-state index in [1.807, 2.05) is 0 Å². The number of rotatable bonds is 5. The molecule has 4 heteroatoms. The highest BCUT2D eigenvalue weighted by Crippen LogP contribution is 2.23. The Hall–Kier alpha value is -0.870. The van der Waals surface area contributed by atoms with Gasteiger partial charge in [-0.3, -0.25) is 4.90 Å². The van der Waals surface area contributed by atoms with E-state index in [1.54, 1.807) is 6.20 Å². The van der Waals surface area contributed by atoms with Gasteiger partial charge < -0.3 is 9.52 Å². The topological polar surface area (TPSA) is 49.5 Å². The molecule has 1 aromatic heterocycles. The first-order valence-electron chi connectivity index (χ1n) is 6.14. The van der Waals surface area contributed by atoms with Crippen LogP contribution in [0.15, 0.2) is 10.6 Å². The summed E-state index contributed by atoms with van der Waals surface area (Å²) in [6.07, 6.45) is 1.80. The molecule has 1 aromatic rings. The van der Waals surface area contributed by atoms with Crippen LogP contribution in [-0.4, -0.2) is 34.2 Å².